The molecule has 1 amide bonds. The molecule has 0 spiro atoms. The molecule has 1 aliphatic rings. The number of rotatable bonds is 4. The second kappa shape index (κ2) is 5.01. The van der Waals surface area contributed by atoms with Gasteiger partial charge in [0.2, 0.25) is 0 Å². The summed E-state index contributed by atoms with van der Waals surface area (Å²) < 4.78 is 4.95. The van der Waals surface area contributed by atoms with E-state index in [1.807, 2.05) is 0 Å². The molecule has 7 heteroatoms. The Kier molecular flexibility index (Phi) is 3.17. The number of nitrogens with zero attached hydrogens (tertiary/aromatic N) is 1. The number of nitro benzene ring substituents is 1. The van der Waals surface area contributed by atoms with E-state index >= 15 is 0 Å². The number of fused-ring (bicyclic) bond motifs is 1. The Balaban J connectivity index is 1.94. The molecule has 1 heterocycles. The normalized spacial score (nSPS) is 14.1. The minimum absolute atomic E-state index is 0.0815. The molecule has 0 atom stereocenters. The quantitative estimate of drug-likeness (QED) is 0.683. The van der Waals surface area contributed by atoms with Crippen LogP contribution in [-0.2, 0) is 0 Å². The maximum Gasteiger partial charge on any atom is 0.344 e. The summed E-state index contributed by atoms with van der Waals surface area (Å²) in [5.74, 6) is -0.00923. The van der Waals surface area contributed by atoms with Gasteiger partial charge in [0.25, 0.3) is 11.6 Å². The smallest absolute Gasteiger partial charge is 0.344 e. The van der Waals surface area contributed by atoms with Gasteiger partial charge in [-0.3, -0.25) is 14.9 Å². The molecule has 0 saturated heterocycles. The lowest BCUT2D eigenvalue weighted by Crippen LogP contribution is -2.26. The van der Waals surface area contributed by atoms with Crippen LogP contribution in [0.5, 0.6) is 0 Å². The van der Waals surface area contributed by atoms with Crippen LogP contribution in [0.3, 0.4) is 0 Å². The van der Waals surface area contributed by atoms with Crippen LogP contribution in [0.25, 0.3) is 10.8 Å². The zero-order valence-corrected chi connectivity index (χ0v) is 11.0. The highest BCUT2D eigenvalue weighted by Gasteiger charge is 2.22. The first kappa shape index (κ1) is 13.3. The average molecular weight is 288 g/mol. The maximum atomic E-state index is 11.9. The number of non-ortho nitro benzene ring substituents is 1. The monoisotopic (exact) mass is 288 g/mol. The van der Waals surface area contributed by atoms with Crippen molar-refractivity contribution in [2.45, 2.75) is 12.8 Å². The van der Waals surface area contributed by atoms with Gasteiger partial charge in [0.1, 0.15) is 0 Å². The van der Waals surface area contributed by atoms with Crippen LogP contribution in [0.2, 0.25) is 0 Å². The van der Waals surface area contributed by atoms with E-state index in [2.05, 4.69) is 5.32 Å². The topological polar surface area (TPSA) is 102 Å². The Hall–Kier alpha value is -2.70. The lowest BCUT2D eigenvalue weighted by atomic mass is 10.1. The van der Waals surface area contributed by atoms with Crippen LogP contribution >= 0.6 is 0 Å². The van der Waals surface area contributed by atoms with Gasteiger partial charge in [-0.2, -0.15) is 0 Å². The average Bonchev–Trinajstić information content (AvgIpc) is 3.28. The number of amides is 1. The van der Waals surface area contributed by atoms with Gasteiger partial charge < -0.3 is 9.73 Å². The van der Waals surface area contributed by atoms with Gasteiger partial charge in [0.05, 0.1) is 10.3 Å². The fourth-order valence-electron chi connectivity index (χ4n) is 2.04. The summed E-state index contributed by atoms with van der Waals surface area (Å²) >= 11 is 0. The van der Waals surface area contributed by atoms with E-state index in [0.29, 0.717) is 17.8 Å². The van der Waals surface area contributed by atoms with E-state index in [1.54, 1.807) is 0 Å². The van der Waals surface area contributed by atoms with E-state index in [-0.39, 0.29) is 16.8 Å². The van der Waals surface area contributed by atoms with E-state index < -0.39 is 16.5 Å². The highest BCUT2D eigenvalue weighted by molar-refractivity contribution is 5.95. The van der Waals surface area contributed by atoms with Crippen LogP contribution < -0.4 is 10.9 Å². The first-order valence-corrected chi connectivity index (χ1v) is 6.55. The summed E-state index contributed by atoms with van der Waals surface area (Å²) in [4.78, 5) is 33.9. The summed E-state index contributed by atoms with van der Waals surface area (Å²) in [6.07, 6.45) is 2.21. The third kappa shape index (κ3) is 2.76. The summed E-state index contributed by atoms with van der Waals surface area (Å²) in [5.41, 5.74) is -0.950. The van der Waals surface area contributed by atoms with Crippen molar-refractivity contribution in [3.05, 3.63) is 50.6 Å². The lowest BCUT2D eigenvalue weighted by Gasteiger charge is -2.04. The lowest BCUT2D eigenvalue weighted by molar-refractivity contribution is -0.384. The van der Waals surface area contributed by atoms with Crippen molar-refractivity contribution >= 4 is 22.4 Å². The van der Waals surface area contributed by atoms with Crippen LogP contribution in [0.1, 0.15) is 23.4 Å². The van der Waals surface area contributed by atoms with Gasteiger partial charge in [0, 0.05) is 18.7 Å². The number of carbonyl (C=O) groups is 1. The molecule has 1 aromatic heterocycles. The molecule has 3 rings (SSSR count). The second-order valence-corrected chi connectivity index (χ2v) is 5.08. The summed E-state index contributed by atoms with van der Waals surface area (Å²) in [6.45, 7) is 0.570. The van der Waals surface area contributed by atoms with E-state index in [1.165, 1.54) is 18.2 Å². The Morgan fingerprint density at radius 1 is 1.38 bits per heavy atom. The molecule has 7 nitrogen and oxygen atoms in total. The summed E-state index contributed by atoms with van der Waals surface area (Å²) in [7, 11) is 0. The van der Waals surface area contributed by atoms with Gasteiger partial charge in [-0.1, -0.05) is 0 Å². The molecular weight excluding hydrogens is 276 g/mol. The van der Waals surface area contributed by atoms with Gasteiger partial charge in [0.15, 0.2) is 5.76 Å². The van der Waals surface area contributed by atoms with Crippen molar-refractivity contribution in [1.82, 2.24) is 5.32 Å². The number of nitro groups is 1. The molecule has 1 aromatic carbocycles. The predicted octanol–water partition coefficient (Wildman–Crippen LogP) is 1.84. The minimum atomic E-state index is -0.757. The number of carbonyl (C=O) groups excluding carboxylic acids is 1. The molecule has 0 radical (unpaired) electrons. The molecular formula is C14H12N2O5. The largest absolute Gasteiger partial charge is 0.417 e. The molecule has 1 N–H and O–H groups in total. The van der Waals surface area contributed by atoms with E-state index in [0.717, 1.165) is 18.9 Å². The second-order valence-electron chi connectivity index (χ2n) is 5.08. The van der Waals surface area contributed by atoms with Gasteiger partial charge in [-0.05, 0) is 36.3 Å². The van der Waals surface area contributed by atoms with Crippen LogP contribution in [0.15, 0.2) is 33.5 Å². The first-order chi connectivity index (χ1) is 10.0. The molecule has 108 valence electrons. The van der Waals surface area contributed by atoms with E-state index in [4.69, 9.17) is 4.42 Å². The first-order valence-electron chi connectivity index (χ1n) is 6.55. The summed E-state index contributed by atoms with van der Waals surface area (Å²) in [6, 6.07) is 5.28. The van der Waals surface area contributed by atoms with E-state index in [9.17, 15) is 19.7 Å². The van der Waals surface area contributed by atoms with Crippen molar-refractivity contribution in [2.24, 2.45) is 5.92 Å². The molecule has 1 fully saturated rings. The predicted molar refractivity (Wildman–Crippen MR) is 74.2 cm³/mol. The summed E-state index contributed by atoms with van der Waals surface area (Å²) in [5, 5.41) is 13.9. The Morgan fingerprint density at radius 3 is 2.81 bits per heavy atom. The fraction of sp³-hybridized carbons (Fsp3) is 0.286. The van der Waals surface area contributed by atoms with Crippen molar-refractivity contribution in [3.8, 4) is 0 Å². The van der Waals surface area contributed by atoms with Crippen molar-refractivity contribution in [1.29, 1.82) is 0 Å². The number of hydrogen-bond acceptors (Lipinski definition) is 5. The Bertz CT molecular complexity index is 792. The van der Waals surface area contributed by atoms with Crippen molar-refractivity contribution in [3.63, 3.8) is 0 Å². The molecule has 2 aromatic rings. The molecule has 0 unspecified atom stereocenters. The standard InChI is InChI=1S/C14H12N2O5/c17-13(15-7-8-1-2-8)12-5-9-3-4-10(16(19)20)6-11(9)14(18)21-12/h3-6,8H,1-2,7H2,(H,15,17). The number of nitrogens with one attached hydrogen (secondary N) is 1. The number of benzene rings is 1. The van der Waals surface area contributed by atoms with Crippen molar-refractivity contribution in [2.75, 3.05) is 6.54 Å². The SMILES string of the molecule is O=C(NCC1CC1)c1cc2ccc([N+](=O)[O-])cc2c(=O)o1. The van der Waals surface area contributed by atoms with Gasteiger partial charge in [-0.15, -0.1) is 0 Å². The third-order valence-corrected chi connectivity index (χ3v) is 3.43. The Morgan fingerprint density at radius 2 is 2.14 bits per heavy atom. The molecule has 0 bridgehead atoms. The molecule has 1 aliphatic carbocycles. The zero-order chi connectivity index (χ0) is 15.0. The fourth-order valence-corrected chi connectivity index (χ4v) is 2.04. The van der Waals surface area contributed by atoms with Crippen molar-refractivity contribution < 1.29 is 14.1 Å². The van der Waals surface area contributed by atoms with Crippen LogP contribution in [0, 0.1) is 16.0 Å². The molecule has 21 heavy (non-hydrogen) atoms. The highest BCUT2D eigenvalue weighted by Crippen LogP contribution is 2.27. The van der Waals surface area contributed by atoms with Gasteiger partial charge >= 0.3 is 5.63 Å². The molecule has 0 aliphatic heterocycles. The highest BCUT2D eigenvalue weighted by atomic mass is 16.6. The maximum absolute atomic E-state index is 11.9. The van der Waals surface area contributed by atoms with Crippen LogP contribution in [0.4, 0.5) is 5.69 Å². The molecule has 1 saturated carbocycles. The minimum Gasteiger partial charge on any atom is -0.417 e. The zero-order valence-electron chi connectivity index (χ0n) is 11.0. The number of hydrogen-bond donors (Lipinski definition) is 1. The van der Waals surface area contributed by atoms with Gasteiger partial charge in [-0.25, -0.2) is 4.79 Å². The third-order valence-electron chi connectivity index (χ3n) is 3.43. The Labute approximate surface area is 118 Å². The van der Waals surface area contributed by atoms with Crippen LogP contribution in [-0.4, -0.2) is 17.4 Å².